The summed E-state index contributed by atoms with van der Waals surface area (Å²) in [5, 5.41) is 3.16. The number of rotatable bonds is 6. The van der Waals surface area contributed by atoms with Crippen LogP contribution < -0.4 is 9.62 Å². The summed E-state index contributed by atoms with van der Waals surface area (Å²) in [5.41, 5.74) is 0.968. The van der Waals surface area contributed by atoms with Gasteiger partial charge in [-0.15, -0.1) is 0 Å². The third-order valence-electron chi connectivity index (χ3n) is 4.88. The first-order valence-corrected chi connectivity index (χ1v) is 11.9. The van der Waals surface area contributed by atoms with Crippen molar-refractivity contribution in [1.82, 2.24) is 4.90 Å². The number of hydrogen-bond acceptors (Lipinski definition) is 5. The molecule has 2 aromatic rings. The Morgan fingerprint density at radius 2 is 1.71 bits per heavy atom. The van der Waals surface area contributed by atoms with Crippen LogP contribution >= 0.6 is 11.6 Å². The van der Waals surface area contributed by atoms with Gasteiger partial charge in [0.05, 0.1) is 36.4 Å². The maximum Gasteiger partial charge on any atom is 0.256 e. The minimum Gasteiger partial charge on any atom is -0.378 e. The highest BCUT2D eigenvalue weighted by Gasteiger charge is 2.30. The maximum atomic E-state index is 13.0. The largest absolute Gasteiger partial charge is 0.378 e. The van der Waals surface area contributed by atoms with E-state index < -0.39 is 22.0 Å². The Balaban J connectivity index is 1.84. The Bertz CT molecular complexity index is 1050. The topological polar surface area (TPSA) is 96.0 Å². The molecule has 10 heteroatoms. The van der Waals surface area contributed by atoms with Crippen LogP contribution in [0.1, 0.15) is 17.3 Å². The lowest BCUT2D eigenvalue weighted by atomic mass is 10.1. The quantitative estimate of drug-likeness (QED) is 0.707. The lowest BCUT2D eigenvalue weighted by molar-refractivity contribution is -0.116. The maximum absolute atomic E-state index is 13.0. The fraction of sp³-hybridized carbons (Fsp3) is 0.333. The molecule has 0 unspecified atom stereocenters. The highest BCUT2D eigenvalue weighted by Crippen LogP contribution is 2.24. The van der Waals surface area contributed by atoms with E-state index in [4.69, 9.17) is 16.3 Å². The molecule has 8 nitrogen and oxygen atoms in total. The normalized spacial score (nSPS) is 15.3. The SMILES string of the molecule is C[C@@H](C(=O)Nc1ccccc1C(=O)N1CCOCC1)N(c1ccc(Cl)cc1)S(C)(=O)=O. The van der Waals surface area contributed by atoms with Crippen LogP contribution in [-0.4, -0.2) is 63.7 Å². The van der Waals surface area contributed by atoms with Gasteiger partial charge in [-0.05, 0) is 43.3 Å². The van der Waals surface area contributed by atoms with Crippen LogP contribution in [0.4, 0.5) is 11.4 Å². The number of carbonyl (C=O) groups is 2. The predicted molar refractivity (Wildman–Crippen MR) is 120 cm³/mol. The number of sulfonamides is 1. The molecule has 2 amide bonds. The van der Waals surface area contributed by atoms with E-state index in [1.165, 1.54) is 19.1 Å². The summed E-state index contributed by atoms with van der Waals surface area (Å²) in [6, 6.07) is 11.8. The van der Waals surface area contributed by atoms with Gasteiger partial charge >= 0.3 is 0 Å². The van der Waals surface area contributed by atoms with Gasteiger partial charge in [-0.2, -0.15) is 0 Å². The summed E-state index contributed by atoms with van der Waals surface area (Å²) in [6.07, 6.45) is 1.03. The van der Waals surface area contributed by atoms with Gasteiger partial charge in [0.25, 0.3) is 5.91 Å². The summed E-state index contributed by atoms with van der Waals surface area (Å²) >= 11 is 5.90. The van der Waals surface area contributed by atoms with Crippen molar-refractivity contribution < 1.29 is 22.7 Å². The molecule has 0 aromatic heterocycles. The van der Waals surface area contributed by atoms with Crippen molar-refractivity contribution >= 4 is 44.8 Å². The molecule has 0 spiro atoms. The number of anilines is 2. The van der Waals surface area contributed by atoms with E-state index in [1.54, 1.807) is 41.3 Å². The molecule has 1 atom stereocenters. The van der Waals surface area contributed by atoms with Crippen LogP contribution in [0.5, 0.6) is 0 Å². The number of nitrogens with one attached hydrogen (secondary N) is 1. The second kappa shape index (κ2) is 9.67. The number of morpholine rings is 1. The molecular formula is C21H24ClN3O5S. The smallest absolute Gasteiger partial charge is 0.256 e. The van der Waals surface area contributed by atoms with Crippen LogP contribution in [0.2, 0.25) is 5.02 Å². The first kappa shape index (κ1) is 23.1. The Morgan fingerprint density at radius 3 is 2.32 bits per heavy atom. The van der Waals surface area contributed by atoms with Gasteiger partial charge in [-0.1, -0.05) is 23.7 Å². The summed E-state index contributed by atoms with van der Waals surface area (Å²) in [7, 11) is -3.77. The zero-order valence-electron chi connectivity index (χ0n) is 17.2. The highest BCUT2D eigenvalue weighted by atomic mass is 35.5. The number of halogens is 1. The second-order valence-electron chi connectivity index (χ2n) is 7.15. The third-order valence-corrected chi connectivity index (χ3v) is 6.38. The molecule has 0 saturated carbocycles. The Labute approximate surface area is 186 Å². The zero-order valence-corrected chi connectivity index (χ0v) is 18.8. The summed E-state index contributed by atoms with van der Waals surface area (Å²) < 4.78 is 31.2. The van der Waals surface area contributed by atoms with Crippen LogP contribution in [0, 0.1) is 0 Å². The lowest BCUT2D eigenvalue weighted by Crippen LogP contribution is -2.45. The number of carbonyl (C=O) groups excluding carboxylic acids is 2. The van der Waals surface area contributed by atoms with Gasteiger partial charge in [-0.25, -0.2) is 8.42 Å². The molecule has 1 aliphatic heterocycles. The van der Waals surface area contributed by atoms with E-state index in [0.717, 1.165) is 10.6 Å². The lowest BCUT2D eigenvalue weighted by Gasteiger charge is -2.29. The van der Waals surface area contributed by atoms with Crippen molar-refractivity contribution in [3.05, 3.63) is 59.1 Å². The molecule has 1 fully saturated rings. The Hall–Kier alpha value is -2.62. The van der Waals surface area contributed by atoms with Gasteiger partial charge in [-0.3, -0.25) is 13.9 Å². The number of amides is 2. The van der Waals surface area contributed by atoms with E-state index in [-0.39, 0.29) is 5.91 Å². The molecule has 1 aliphatic rings. The molecule has 1 N–H and O–H groups in total. The van der Waals surface area contributed by atoms with E-state index in [0.29, 0.717) is 48.3 Å². The van der Waals surface area contributed by atoms with E-state index in [1.807, 2.05) is 0 Å². The van der Waals surface area contributed by atoms with Crippen molar-refractivity contribution in [1.29, 1.82) is 0 Å². The highest BCUT2D eigenvalue weighted by molar-refractivity contribution is 7.92. The van der Waals surface area contributed by atoms with Gasteiger partial charge in [0.15, 0.2) is 0 Å². The average Bonchev–Trinajstić information content (AvgIpc) is 2.75. The monoisotopic (exact) mass is 465 g/mol. The second-order valence-corrected chi connectivity index (χ2v) is 9.45. The average molecular weight is 466 g/mol. The number of ether oxygens (including phenoxy) is 1. The summed E-state index contributed by atoms with van der Waals surface area (Å²) in [6.45, 7) is 3.34. The zero-order chi connectivity index (χ0) is 22.6. The van der Waals surface area contributed by atoms with E-state index in [2.05, 4.69) is 5.32 Å². The van der Waals surface area contributed by atoms with E-state index >= 15 is 0 Å². The van der Waals surface area contributed by atoms with Crippen molar-refractivity contribution in [2.45, 2.75) is 13.0 Å². The number of nitrogens with zero attached hydrogens (tertiary/aromatic N) is 2. The molecule has 0 radical (unpaired) electrons. The minimum absolute atomic E-state index is 0.218. The van der Waals surface area contributed by atoms with Gasteiger partial charge in [0, 0.05) is 18.1 Å². The molecule has 1 heterocycles. The Kier molecular flexibility index (Phi) is 7.19. The number of para-hydroxylation sites is 1. The van der Waals surface area contributed by atoms with Crippen LogP contribution in [0.3, 0.4) is 0 Å². The van der Waals surface area contributed by atoms with Gasteiger partial charge < -0.3 is 15.0 Å². The molecule has 0 bridgehead atoms. The minimum atomic E-state index is -3.77. The summed E-state index contributed by atoms with van der Waals surface area (Å²) in [4.78, 5) is 27.6. The van der Waals surface area contributed by atoms with Gasteiger partial charge in [0.1, 0.15) is 6.04 Å². The van der Waals surface area contributed by atoms with Crippen molar-refractivity contribution in [2.75, 3.05) is 42.2 Å². The third kappa shape index (κ3) is 5.55. The van der Waals surface area contributed by atoms with Crippen LogP contribution in [-0.2, 0) is 19.6 Å². The van der Waals surface area contributed by atoms with Gasteiger partial charge in [0.2, 0.25) is 15.9 Å². The van der Waals surface area contributed by atoms with Crippen molar-refractivity contribution in [2.24, 2.45) is 0 Å². The number of hydrogen-bond donors (Lipinski definition) is 1. The molecule has 2 aromatic carbocycles. The molecular weight excluding hydrogens is 442 g/mol. The number of benzene rings is 2. The molecule has 1 saturated heterocycles. The summed E-state index contributed by atoms with van der Waals surface area (Å²) in [5.74, 6) is -0.785. The predicted octanol–water partition coefficient (Wildman–Crippen LogP) is 2.61. The molecule has 166 valence electrons. The van der Waals surface area contributed by atoms with E-state index in [9.17, 15) is 18.0 Å². The standard InChI is InChI=1S/C21H24ClN3O5S/c1-15(25(31(2,28)29)17-9-7-16(22)8-10-17)20(26)23-19-6-4-3-5-18(19)21(27)24-11-13-30-14-12-24/h3-10,15H,11-14H2,1-2H3,(H,23,26)/t15-/m0/s1. The van der Waals surface area contributed by atoms with Crippen LogP contribution in [0.25, 0.3) is 0 Å². The Morgan fingerprint density at radius 1 is 1.10 bits per heavy atom. The molecule has 0 aliphatic carbocycles. The first-order chi connectivity index (χ1) is 14.7. The molecule has 31 heavy (non-hydrogen) atoms. The fourth-order valence-electron chi connectivity index (χ4n) is 3.35. The first-order valence-electron chi connectivity index (χ1n) is 9.70. The fourth-order valence-corrected chi connectivity index (χ4v) is 4.65. The molecule has 3 rings (SSSR count). The van der Waals surface area contributed by atoms with Crippen molar-refractivity contribution in [3.8, 4) is 0 Å². The van der Waals surface area contributed by atoms with Crippen LogP contribution in [0.15, 0.2) is 48.5 Å². The van der Waals surface area contributed by atoms with Crippen molar-refractivity contribution in [3.63, 3.8) is 0 Å².